The Bertz CT molecular complexity index is 641. The van der Waals surface area contributed by atoms with E-state index in [1.165, 1.54) is 0 Å². The van der Waals surface area contributed by atoms with Crippen molar-refractivity contribution in [3.63, 3.8) is 0 Å². The van der Waals surface area contributed by atoms with Gasteiger partial charge in [0, 0.05) is 11.3 Å². The van der Waals surface area contributed by atoms with Crippen molar-refractivity contribution in [1.29, 1.82) is 0 Å². The van der Waals surface area contributed by atoms with E-state index >= 15 is 0 Å². The molecule has 2 rings (SSSR count). The van der Waals surface area contributed by atoms with Crippen molar-refractivity contribution < 1.29 is 14.7 Å². The van der Waals surface area contributed by atoms with Crippen molar-refractivity contribution in [2.24, 2.45) is 0 Å². The van der Waals surface area contributed by atoms with Crippen LogP contribution in [0.3, 0.4) is 0 Å². The number of hydrogen-bond acceptors (Lipinski definition) is 3. The molecule has 0 aliphatic rings. The molecule has 0 saturated carbocycles. The van der Waals surface area contributed by atoms with Crippen molar-refractivity contribution in [3.8, 4) is 0 Å². The first-order chi connectivity index (χ1) is 10.1. The van der Waals surface area contributed by atoms with Crippen molar-refractivity contribution in [3.05, 3.63) is 65.7 Å². The van der Waals surface area contributed by atoms with E-state index in [1.807, 2.05) is 6.07 Å². The minimum absolute atomic E-state index is 0.182. The molecule has 0 bridgehead atoms. The number of aliphatic carboxylic acids is 1. The smallest absolute Gasteiger partial charge is 0.305 e. The van der Waals surface area contributed by atoms with Gasteiger partial charge < -0.3 is 16.2 Å². The molecule has 0 aromatic heterocycles. The molecule has 0 aliphatic carbocycles. The van der Waals surface area contributed by atoms with E-state index in [9.17, 15) is 9.59 Å². The van der Waals surface area contributed by atoms with E-state index in [0.717, 1.165) is 5.56 Å². The van der Waals surface area contributed by atoms with Crippen molar-refractivity contribution in [2.45, 2.75) is 12.5 Å². The Morgan fingerprint density at radius 1 is 1.10 bits per heavy atom. The zero-order valence-corrected chi connectivity index (χ0v) is 11.3. The van der Waals surface area contributed by atoms with Gasteiger partial charge in [0.1, 0.15) is 0 Å². The summed E-state index contributed by atoms with van der Waals surface area (Å²) in [6, 6.07) is 15.0. The summed E-state index contributed by atoms with van der Waals surface area (Å²) in [5, 5.41) is 11.7. The minimum Gasteiger partial charge on any atom is -0.481 e. The Morgan fingerprint density at radius 2 is 1.81 bits per heavy atom. The highest BCUT2D eigenvalue weighted by Gasteiger charge is 2.18. The molecule has 0 spiro atoms. The Morgan fingerprint density at radius 3 is 2.43 bits per heavy atom. The van der Waals surface area contributed by atoms with Gasteiger partial charge in [-0.2, -0.15) is 0 Å². The second kappa shape index (κ2) is 6.56. The Balaban J connectivity index is 2.19. The lowest BCUT2D eigenvalue weighted by Crippen LogP contribution is -2.30. The molecule has 2 aromatic carbocycles. The highest BCUT2D eigenvalue weighted by Crippen LogP contribution is 2.17. The number of amides is 1. The van der Waals surface area contributed by atoms with Gasteiger partial charge in [-0.25, -0.2) is 0 Å². The average molecular weight is 284 g/mol. The van der Waals surface area contributed by atoms with Crippen LogP contribution in [0, 0.1) is 0 Å². The summed E-state index contributed by atoms with van der Waals surface area (Å²) in [5.74, 6) is -1.32. The Kier molecular flexibility index (Phi) is 4.56. The topological polar surface area (TPSA) is 92.4 Å². The van der Waals surface area contributed by atoms with Crippen LogP contribution in [-0.4, -0.2) is 17.0 Å². The molecule has 1 amide bonds. The third-order valence-corrected chi connectivity index (χ3v) is 3.03. The van der Waals surface area contributed by atoms with E-state index in [-0.39, 0.29) is 12.3 Å². The van der Waals surface area contributed by atoms with Crippen LogP contribution in [0.1, 0.15) is 28.4 Å². The standard InChI is InChI=1S/C16H16N2O3/c17-13-8-4-7-12(9-13)16(21)18-14(10-15(19)20)11-5-2-1-3-6-11/h1-9,14H,10,17H2,(H,18,21)(H,19,20). The molecule has 1 atom stereocenters. The Hall–Kier alpha value is -2.82. The van der Waals surface area contributed by atoms with Crippen LogP contribution >= 0.6 is 0 Å². The highest BCUT2D eigenvalue weighted by atomic mass is 16.4. The first-order valence-corrected chi connectivity index (χ1v) is 6.49. The predicted molar refractivity (Wildman–Crippen MR) is 79.8 cm³/mol. The molecular formula is C16H16N2O3. The maximum Gasteiger partial charge on any atom is 0.305 e. The van der Waals surface area contributed by atoms with Crippen molar-refractivity contribution in [1.82, 2.24) is 5.32 Å². The molecule has 0 saturated heterocycles. The number of nitrogen functional groups attached to an aromatic ring is 1. The first-order valence-electron chi connectivity index (χ1n) is 6.49. The fraction of sp³-hybridized carbons (Fsp3) is 0.125. The predicted octanol–water partition coefficient (Wildman–Crippen LogP) is 2.21. The van der Waals surface area contributed by atoms with Gasteiger partial charge in [0.05, 0.1) is 12.5 Å². The molecule has 108 valence electrons. The van der Waals surface area contributed by atoms with Gasteiger partial charge >= 0.3 is 5.97 Å². The third kappa shape index (κ3) is 4.07. The maximum absolute atomic E-state index is 12.2. The maximum atomic E-state index is 12.2. The summed E-state index contributed by atoms with van der Waals surface area (Å²) in [6.07, 6.45) is -0.182. The second-order valence-corrected chi connectivity index (χ2v) is 4.66. The molecule has 4 N–H and O–H groups in total. The summed E-state index contributed by atoms with van der Waals surface area (Å²) in [4.78, 5) is 23.2. The van der Waals surface area contributed by atoms with E-state index in [0.29, 0.717) is 11.3 Å². The van der Waals surface area contributed by atoms with Crippen LogP contribution < -0.4 is 11.1 Å². The van der Waals surface area contributed by atoms with E-state index < -0.39 is 12.0 Å². The van der Waals surface area contributed by atoms with Gasteiger partial charge in [-0.15, -0.1) is 0 Å². The molecule has 0 aliphatic heterocycles. The SMILES string of the molecule is Nc1cccc(C(=O)NC(CC(=O)O)c2ccccc2)c1. The lowest BCUT2D eigenvalue weighted by atomic mass is 10.0. The number of carbonyl (C=O) groups is 2. The zero-order chi connectivity index (χ0) is 15.2. The van der Waals surface area contributed by atoms with Crippen molar-refractivity contribution >= 4 is 17.6 Å². The monoisotopic (exact) mass is 284 g/mol. The van der Waals surface area contributed by atoms with Gasteiger partial charge in [0.25, 0.3) is 5.91 Å². The fourth-order valence-corrected chi connectivity index (χ4v) is 2.03. The number of carboxylic acids is 1. The van der Waals surface area contributed by atoms with E-state index in [4.69, 9.17) is 10.8 Å². The van der Waals surface area contributed by atoms with Gasteiger partial charge in [-0.05, 0) is 23.8 Å². The van der Waals surface area contributed by atoms with Crippen LogP contribution in [0.4, 0.5) is 5.69 Å². The summed E-state index contributed by atoms with van der Waals surface area (Å²) in [6.45, 7) is 0. The Labute approximate surface area is 122 Å². The lowest BCUT2D eigenvalue weighted by Gasteiger charge is -2.17. The van der Waals surface area contributed by atoms with Gasteiger partial charge in [0.2, 0.25) is 0 Å². The molecule has 5 nitrogen and oxygen atoms in total. The molecule has 2 aromatic rings. The number of rotatable bonds is 5. The normalized spacial score (nSPS) is 11.6. The minimum atomic E-state index is -0.975. The molecule has 1 unspecified atom stereocenters. The fourth-order valence-electron chi connectivity index (χ4n) is 2.03. The van der Waals surface area contributed by atoms with Crippen LogP contribution in [0.2, 0.25) is 0 Å². The first kappa shape index (κ1) is 14.6. The van der Waals surface area contributed by atoms with Crippen LogP contribution in [0.25, 0.3) is 0 Å². The number of nitrogens with one attached hydrogen (secondary N) is 1. The van der Waals surface area contributed by atoms with Crippen LogP contribution in [0.15, 0.2) is 54.6 Å². The third-order valence-electron chi connectivity index (χ3n) is 3.03. The van der Waals surface area contributed by atoms with Gasteiger partial charge in [-0.1, -0.05) is 36.4 Å². The zero-order valence-electron chi connectivity index (χ0n) is 11.3. The highest BCUT2D eigenvalue weighted by molar-refractivity contribution is 5.95. The largest absolute Gasteiger partial charge is 0.481 e. The number of carbonyl (C=O) groups excluding carboxylic acids is 1. The van der Waals surface area contributed by atoms with Crippen molar-refractivity contribution in [2.75, 3.05) is 5.73 Å². The second-order valence-electron chi connectivity index (χ2n) is 4.66. The molecule has 5 heteroatoms. The number of carboxylic acid groups (broad SMARTS) is 1. The summed E-state index contributed by atoms with van der Waals surface area (Å²) in [5.41, 5.74) is 7.28. The molecule has 21 heavy (non-hydrogen) atoms. The van der Waals surface area contributed by atoms with Gasteiger partial charge in [-0.3, -0.25) is 9.59 Å². The summed E-state index contributed by atoms with van der Waals surface area (Å²) >= 11 is 0. The van der Waals surface area contributed by atoms with Crippen LogP contribution in [0.5, 0.6) is 0 Å². The number of benzene rings is 2. The van der Waals surface area contributed by atoms with E-state index in [1.54, 1.807) is 48.5 Å². The van der Waals surface area contributed by atoms with Crippen LogP contribution in [-0.2, 0) is 4.79 Å². The molecule has 0 heterocycles. The van der Waals surface area contributed by atoms with E-state index in [2.05, 4.69) is 5.32 Å². The molecular weight excluding hydrogens is 268 g/mol. The average Bonchev–Trinajstić information content (AvgIpc) is 2.47. The molecule has 0 fully saturated rings. The number of hydrogen-bond donors (Lipinski definition) is 3. The molecule has 0 radical (unpaired) electrons. The summed E-state index contributed by atoms with van der Waals surface area (Å²) in [7, 11) is 0. The number of anilines is 1. The van der Waals surface area contributed by atoms with Gasteiger partial charge in [0.15, 0.2) is 0 Å². The number of nitrogens with two attached hydrogens (primary N) is 1. The summed E-state index contributed by atoms with van der Waals surface area (Å²) < 4.78 is 0. The lowest BCUT2D eigenvalue weighted by molar-refractivity contribution is -0.137. The quantitative estimate of drug-likeness (QED) is 0.734.